The zero-order chi connectivity index (χ0) is 35.3. The summed E-state index contributed by atoms with van der Waals surface area (Å²) in [5.41, 5.74) is 1.21. The van der Waals surface area contributed by atoms with Crippen molar-refractivity contribution in [2.45, 2.75) is 97.1 Å². The predicted octanol–water partition coefficient (Wildman–Crippen LogP) is 9.93. The van der Waals surface area contributed by atoms with Crippen LogP contribution in [0.1, 0.15) is 60.8 Å². The molecule has 0 saturated carbocycles. The molecule has 0 N–H and O–H groups in total. The van der Waals surface area contributed by atoms with Gasteiger partial charge in [-0.15, -0.1) is 0 Å². The molecule has 0 bridgehead atoms. The van der Waals surface area contributed by atoms with Crippen LogP contribution < -0.4 is 4.90 Å². The number of hydrogen-bond acceptors (Lipinski definition) is 7. The van der Waals surface area contributed by atoms with E-state index >= 15 is 0 Å². The normalized spacial score (nSPS) is 17.0. The Bertz CT molecular complexity index is 1130. The molecule has 4 rings (SSSR count). The molecule has 2 aromatic heterocycles. The van der Waals surface area contributed by atoms with E-state index in [9.17, 15) is 0 Å². The maximum Gasteiger partial charge on any atom is 0.192 e. The average Bonchev–Trinajstić information content (AvgIpc) is 2.99. The molecule has 2 aromatic rings. The first-order valence-corrected chi connectivity index (χ1v) is 25.6. The molecule has 0 atom stereocenters. The zero-order valence-corrected chi connectivity index (χ0v) is 38.2. The molecule has 0 aliphatic carbocycles. The molecule has 2 saturated heterocycles. The number of nitrogens with zero attached hydrogens (tertiary/aromatic N) is 5. The van der Waals surface area contributed by atoms with Gasteiger partial charge in [-0.25, -0.2) is 9.97 Å². The number of halogens is 3. The number of pyridine rings is 2. The van der Waals surface area contributed by atoms with Crippen molar-refractivity contribution in [3.63, 3.8) is 0 Å². The fraction of sp³-hybridized carbons (Fsp3) is 0.714. The Morgan fingerprint density at radius 2 is 1.11 bits per heavy atom. The van der Waals surface area contributed by atoms with E-state index in [2.05, 4.69) is 153 Å². The second-order valence-electron chi connectivity index (χ2n) is 15.6. The highest BCUT2D eigenvalue weighted by molar-refractivity contribution is 14.1. The fourth-order valence-corrected chi connectivity index (χ4v) is 7.48. The number of likely N-dealkylation sites (tertiary alicyclic amines) is 1. The molecule has 4 heterocycles. The van der Waals surface area contributed by atoms with E-state index in [0.29, 0.717) is 10.1 Å². The minimum atomic E-state index is -1.61. The number of aromatic nitrogens is 2. The topological polar surface area (TPSA) is 54.0 Å². The Labute approximate surface area is 320 Å². The van der Waals surface area contributed by atoms with Crippen molar-refractivity contribution in [2.24, 2.45) is 0 Å². The highest BCUT2D eigenvalue weighted by Gasteiger charge is 2.38. The number of rotatable bonds is 9. The van der Waals surface area contributed by atoms with E-state index in [1.165, 1.54) is 38.0 Å². The van der Waals surface area contributed by atoms with Crippen LogP contribution in [0.2, 0.25) is 36.3 Å². The van der Waals surface area contributed by atoms with Crippen LogP contribution in [0.15, 0.2) is 45.9 Å². The molecular weight excluding hydrogens is 865 g/mol. The third-order valence-electron chi connectivity index (χ3n) is 9.94. The van der Waals surface area contributed by atoms with Gasteiger partial charge >= 0.3 is 0 Å². The number of piperazine rings is 1. The predicted molar refractivity (Wildman–Crippen MR) is 222 cm³/mol. The molecule has 12 heteroatoms. The zero-order valence-electron chi connectivity index (χ0n) is 30.8. The number of anilines is 1. The molecule has 0 spiro atoms. The van der Waals surface area contributed by atoms with E-state index in [1.54, 1.807) is 0 Å². The lowest BCUT2D eigenvalue weighted by molar-refractivity contribution is 0.175. The number of piperidine rings is 1. The fourth-order valence-electron chi connectivity index (χ4n) is 4.62. The maximum atomic E-state index is 6.29. The lowest BCUT2D eigenvalue weighted by Crippen LogP contribution is -2.48. The van der Waals surface area contributed by atoms with E-state index < -0.39 is 16.6 Å². The minimum Gasteiger partial charge on any atom is -0.416 e. The first kappa shape index (κ1) is 43.2. The van der Waals surface area contributed by atoms with Crippen LogP contribution in [0.4, 0.5) is 5.69 Å². The van der Waals surface area contributed by atoms with Crippen molar-refractivity contribution in [3.8, 4) is 0 Å². The van der Waals surface area contributed by atoms with Crippen LogP contribution in [0, 0.1) is 3.57 Å². The lowest BCUT2D eigenvalue weighted by atomic mass is 10.1. The smallest absolute Gasteiger partial charge is 0.192 e. The van der Waals surface area contributed by atoms with Crippen LogP contribution in [0.25, 0.3) is 0 Å². The molecule has 2 aliphatic heterocycles. The summed E-state index contributed by atoms with van der Waals surface area (Å²) in [6.07, 6.45) is 7.92. The van der Waals surface area contributed by atoms with Crippen molar-refractivity contribution in [1.82, 2.24) is 19.8 Å². The highest BCUT2D eigenvalue weighted by atomic mass is 127. The van der Waals surface area contributed by atoms with E-state index in [1.807, 2.05) is 30.6 Å². The largest absolute Gasteiger partial charge is 0.416 e. The Hall–Kier alpha value is 0.0638. The lowest BCUT2D eigenvalue weighted by Gasteiger charge is -2.38. The molecule has 0 radical (unpaired) electrons. The summed E-state index contributed by atoms with van der Waals surface area (Å²) in [5.74, 6) is 0. The quantitative estimate of drug-likeness (QED) is 0.141. The molecule has 47 heavy (non-hydrogen) atoms. The van der Waals surface area contributed by atoms with Gasteiger partial charge in [0.1, 0.15) is 9.21 Å². The van der Waals surface area contributed by atoms with Crippen LogP contribution in [0.3, 0.4) is 0 Å². The molecule has 0 amide bonds. The van der Waals surface area contributed by atoms with Crippen molar-refractivity contribution in [2.75, 3.05) is 70.5 Å². The molecule has 2 fully saturated rings. The van der Waals surface area contributed by atoms with Gasteiger partial charge in [0.05, 0.1) is 11.9 Å². The van der Waals surface area contributed by atoms with Crippen molar-refractivity contribution in [3.05, 3.63) is 49.4 Å². The molecule has 268 valence electrons. The van der Waals surface area contributed by atoms with Crippen molar-refractivity contribution >= 4 is 76.8 Å². The first-order valence-electron chi connectivity index (χ1n) is 17.2. The summed E-state index contributed by atoms with van der Waals surface area (Å²) in [5, 5.41) is 0.634. The Balaban J connectivity index is 0.000000275. The van der Waals surface area contributed by atoms with Crippen molar-refractivity contribution in [1.29, 1.82) is 0 Å². The van der Waals surface area contributed by atoms with Crippen LogP contribution in [-0.4, -0.2) is 102 Å². The van der Waals surface area contributed by atoms with Gasteiger partial charge in [-0.05, 0) is 141 Å². The van der Waals surface area contributed by atoms with Crippen LogP contribution in [0.5, 0.6) is 0 Å². The summed E-state index contributed by atoms with van der Waals surface area (Å²) in [4.78, 5) is 15.8. The van der Waals surface area contributed by atoms with Crippen LogP contribution >= 0.6 is 54.5 Å². The van der Waals surface area contributed by atoms with E-state index in [-0.39, 0.29) is 0 Å². The van der Waals surface area contributed by atoms with Gasteiger partial charge in [0.15, 0.2) is 16.6 Å². The van der Waals surface area contributed by atoms with Gasteiger partial charge in [0.2, 0.25) is 0 Å². The van der Waals surface area contributed by atoms with Crippen molar-refractivity contribution < 1.29 is 8.85 Å². The van der Waals surface area contributed by atoms with Gasteiger partial charge in [-0.2, -0.15) is 0 Å². The standard InChI is InChI=1S/C17H30BrN3OSi.C13H29NOSi.C5H3BrIN/c1-17(2,3)23(4,5)22-13-12-20-8-10-21(11-9-20)15-6-7-16(18)19-14-15;1-13(2,3)16(4,5)15-12-11-14-9-7-6-8-10-14;6-5-2-1-4(7)3-8-5/h6-7,14H,8-13H2,1-5H3;6-12H2,1-5H3;1-3H. The van der Waals surface area contributed by atoms with Gasteiger partial charge in [-0.1, -0.05) is 48.0 Å². The molecule has 0 aromatic carbocycles. The van der Waals surface area contributed by atoms with E-state index in [4.69, 9.17) is 8.85 Å². The summed E-state index contributed by atoms with van der Waals surface area (Å²) < 4.78 is 15.4. The second-order valence-corrected chi connectivity index (χ2v) is 28.1. The first-order chi connectivity index (χ1) is 21.8. The summed E-state index contributed by atoms with van der Waals surface area (Å²) in [6, 6.07) is 8.06. The van der Waals surface area contributed by atoms with Gasteiger partial charge in [0, 0.05) is 62.2 Å². The SMILES string of the molecule is Brc1ccc(I)cn1.CC(C)(C)[Si](C)(C)OCCN1CCCCC1.CC(C)(C)[Si](C)(C)OCCN1CCN(c2ccc(Br)nc2)CC1. The summed E-state index contributed by atoms with van der Waals surface area (Å²) >= 11 is 8.83. The highest BCUT2D eigenvalue weighted by Crippen LogP contribution is 2.37. The number of hydrogen-bond donors (Lipinski definition) is 0. The third kappa shape index (κ3) is 16.3. The Kier molecular flexibility index (Phi) is 18.6. The summed E-state index contributed by atoms with van der Waals surface area (Å²) in [6.45, 7) is 33.9. The Morgan fingerprint density at radius 3 is 1.49 bits per heavy atom. The van der Waals surface area contributed by atoms with Crippen LogP contribution in [-0.2, 0) is 8.85 Å². The van der Waals surface area contributed by atoms with Gasteiger partial charge in [-0.3, -0.25) is 4.90 Å². The molecule has 2 aliphatic rings. The minimum absolute atomic E-state index is 0.292. The maximum absolute atomic E-state index is 6.29. The molecule has 7 nitrogen and oxygen atoms in total. The summed E-state index contributed by atoms with van der Waals surface area (Å²) in [7, 11) is -3.13. The van der Waals surface area contributed by atoms with Gasteiger partial charge in [0.25, 0.3) is 0 Å². The molecule has 0 unspecified atom stereocenters. The van der Waals surface area contributed by atoms with Gasteiger partial charge < -0.3 is 18.7 Å². The Morgan fingerprint density at radius 1 is 0.660 bits per heavy atom. The van der Waals surface area contributed by atoms with E-state index in [0.717, 1.165) is 65.3 Å². The average molecular weight is 928 g/mol. The monoisotopic (exact) mass is 925 g/mol. The third-order valence-corrected chi connectivity index (χ3v) is 20.6. The second kappa shape index (κ2) is 20.2. The molecular formula is C35H62Br2IN5O2Si2.